The number of aromatic nitrogens is 1. The Morgan fingerprint density at radius 2 is 1.86 bits per heavy atom. The van der Waals surface area contributed by atoms with Crippen LogP contribution in [-0.4, -0.2) is 22.6 Å². The van der Waals surface area contributed by atoms with Gasteiger partial charge in [0, 0.05) is 65.7 Å². The van der Waals surface area contributed by atoms with E-state index in [1.54, 1.807) is 0 Å². The van der Waals surface area contributed by atoms with Crippen molar-refractivity contribution in [1.82, 2.24) is 9.47 Å². The molecule has 184 valence electrons. The van der Waals surface area contributed by atoms with Crippen LogP contribution >= 0.6 is 23.2 Å². The molecule has 3 heterocycles. The maximum Gasteiger partial charge on any atom is 0.0951 e. The Morgan fingerprint density at radius 1 is 1.17 bits per heavy atom. The lowest BCUT2D eigenvalue weighted by molar-refractivity contribution is 0.123. The SMILES string of the molecule is C=C(c1ccc(Cl)c(Cc2cc3c(n2C)C=C(C#N)C(CC)C3C)c1Cl)N1CCC2CC(CC1)C2. The molecule has 2 aliphatic carbocycles. The Kier molecular flexibility index (Phi) is 6.81. The van der Waals surface area contributed by atoms with Crippen molar-refractivity contribution in [2.45, 2.75) is 58.3 Å². The van der Waals surface area contributed by atoms with Crippen molar-refractivity contribution in [1.29, 1.82) is 5.26 Å². The first-order chi connectivity index (χ1) is 16.8. The molecule has 0 spiro atoms. The molecule has 2 unspecified atom stereocenters. The van der Waals surface area contributed by atoms with Gasteiger partial charge in [-0.15, -0.1) is 0 Å². The minimum Gasteiger partial charge on any atom is -0.371 e. The highest BCUT2D eigenvalue weighted by molar-refractivity contribution is 6.37. The van der Waals surface area contributed by atoms with E-state index in [-0.39, 0.29) is 5.92 Å². The second-order valence-corrected chi connectivity index (χ2v) is 11.6. The molecule has 6 rings (SSSR count). The molecule has 4 aliphatic rings. The van der Waals surface area contributed by atoms with Crippen LogP contribution in [0.1, 0.15) is 79.9 Å². The zero-order chi connectivity index (χ0) is 24.9. The van der Waals surface area contributed by atoms with Gasteiger partial charge in [0.2, 0.25) is 0 Å². The Balaban J connectivity index is 1.44. The molecule has 35 heavy (non-hydrogen) atoms. The van der Waals surface area contributed by atoms with Crippen molar-refractivity contribution in [2.75, 3.05) is 13.1 Å². The van der Waals surface area contributed by atoms with E-state index < -0.39 is 0 Å². The van der Waals surface area contributed by atoms with Crippen LogP contribution in [-0.2, 0) is 13.5 Å². The van der Waals surface area contributed by atoms with Crippen molar-refractivity contribution in [3.05, 3.63) is 68.5 Å². The molecule has 2 saturated heterocycles. The predicted octanol–water partition coefficient (Wildman–Crippen LogP) is 8.07. The summed E-state index contributed by atoms with van der Waals surface area (Å²) in [6.45, 7) is 11.0. The molecule has 0 amide bonds. The van der Waals surface area contributed by atoms with Gasteiger partial charge >= 0.3 is 0 Å². The minimum atomic E-state index is 0.269. The summed E-state index contributed by atoms with van der Waals surface area (Å²) in [4.78, 5) is 2.43. The number of allylic oxidation sites excluding steroid dienone is 1. The standard InChI is InChI=1S/C30H35Cl2N3/c1-5-24-18(2)26-15-23(34(4)29(26)14-22(24)17-33)16-27-28(31)7-6-25(30(27)32)19(3)35-10-8-20-12-21(13-20)9-11-35/h6-7,14-15,18,20-21,24H,3,5,8-13,16H2,1-2,4H3. The quantitative estimate of drug-likeness (QED) is 0.409. The van der Waals surface area contributed by atoms with E-state index in [4.69, 9.17) is 23.2 Å². The fraction of sp³-hybridized carbons (Fsp3) is 0.500. The molecule has 2 aromatic rings. The van der Waals surface area contributed by atoms with E-state index in [2.05, 4.69) is 55.2 Å². The van der Waals surface area contributed by atoms with E-state index >= 15 is 0 Å². The van der Waals surface area contributed by atoms with Crippen LogP contribution in [0.5, 0.6) is 0 Å². The van der Waals surface area contributed by atoms with Gasteiger partial charge in [0.1, 0.15) is 0 Å². The van der Waals surface area contributed by atoms with Crippen LogP contribution in [0.25, 0.3) is 11.8 Å². The van der Waals surface area contributed by atoms with E-state index in [9.17, 15) is 5.26 Å². The van der Waals surface area contributed by atoms with Crippen molar-refractivity contribution in [3.8, 4) is 6.07 Å². The van der Waals surface area contributed by atoms with Gasteiger partial charge in [0.05, 0.1) is 11.1 Å². The Hall–Kier alpha value is -2.15. The van der Waals surface area contributed by atoms with Crippen LogP contribution in [0.2, 0.25) is 10.0 Å². The molecule has 1 aromatic carbocycles. The average Bonchev–Trinajstić information content (AvgIpc) is 3.10. The average molecular weight is 509 g/mol. The molecule has 2 bridgehead atoms. The van der Waals surface area contributed by atoms with Crippen molar-refractivity contribution in [2.24, 2.45) is 24.8 Å². The lowest BCUT2D eigenvalue weighted by Crippen LogP contribution is -2.36. The minimum absolute atomic E-state index is 0.269. The molecule has 2 aliphatic heterocycles. The zero-order valence-electron chi connectivity index (χ0n) is 21.1. The monoisotopic (exact) mass is 507 g/mol. The Labute approximate surface area is 220 Å². The number of hydrogen-bond donors (Lipinski definition) is 0. The summed E-state index contributed by atoms with van der Waals surface area (Å²) in [6.07, 6.45) is 9.00. The van der Waals surface area contributed by atoms with Crippen molar-refractivity contribution >= 4 is 35.0 Å². The van der Waals surface area contributed by atoms with Gasteiger partial charge in [-0.2, -0.15) is 5.26 Å². The number of benzene rings is 1. The van der Waals surface area contributed by atoms with Gasteiger partial charge in [0.25, 0.3) is 0 Å². The van der Waals surface area contributed by atoms with Gasteiger partial charge in [-0.3, -0.25) is 0 Å². The molecule has 1 saturated carbocycles. The highest BCUT2D eigenvalue weighted by Crippen LogP contribution is 2.43. The molecule has 3 nitrogen and oxygen atoms in total. The summed E-state index contributed by atoms with van der Waals surface area (Å²) in [5.41, 5.74) is 7.42. The third-order valence-corrected chi connectivity index (χ3v) is 9.74. The third kappa shape index (κ3) is 4.34. The maximum absolute atomic E-state index is 9.71. The van der Waals surface area contributed by atoms with Gasteiger partial charge in [-0.05, 0) is 85.3 Å². The van der Waals surface area contributed by atoms with E-state index in [0.29, 0.717) is 22.4 Å². The summed E-state index contributed by atoms with van der Waals surface area (Å²) >= 11 is 13.8. The van der Waals surface area contributed by atoms with Gasteiger partial charge in [0.15, 0.2) is 0 Å². The topological polar surface area (TPSA) is 32.0 Å². The highest BCUT2D eigenvalue weighted by Gasteiger charge is 2.33. The summed E-state index contributed by atoms with van der Waals surface area (Å²) in [7, 11) is 2.08. The first kappa shape index (κ1) is 24.5. The van der Waals surface area contributed by atoms with Gasteiger partial charge in [-0.1, -0.05) is 43.6 Å². The largest absolute Gasteiger partial charge is 0.371 e. The van der Waals surface area contributed by atoms with Crippen LogP contribution < -0.4 is 0 Å². The summed E-state index contributed by atoms with van der Waals surface area (Å²) < 4.78 is 2.20. The lowest BCUT2D eigenvalue weighted by Gasteiger charge is -2.42. The predicted molar refractivity (Wildman–Crippen MR) is 147 cm³/mol. The second-order valence-electron chi connectivity index (χ2n) is 10.8. The molecular weight excluding hydrogens is 473 g/mol. The van der Waals surface area contributed by atoms with E-state index in [1.165, 1.54) is 31.2 Å². The molecule has 0 radical (unpaired) electrons. The smallest absolute Gasteiger partial charge is 0.0951 e. The molecule has 0 N–H and O–H groups in total. The van der Waals surface area contributed by atoms with E-state index in [1.807, 2.05) is 12.1 Å². The Morgan fingerprint density at radius 3 is 2.49 bits per heavy atom. The molecule has 5 heteroatoms. The summed E-state index contributed by atoms with van der Waals surface area (Å²) in [5, 5.41) is 11.1. The van der Waals surface area contributed by atoms with Crippen molar-refractivity contribution < 1.29 is 0 Å². The van der Waals surface area contributed by atoms with E-state index in [0.717, 1.165) is 65.1 Å². The van der Waals surface area contributed by atoms with Crippen LogP contribution in [0.15, 0.2) is 30.4 Å². The number of halogens is 2. The number of rotatable bonds is 5. The molecular formula is C30H35Cl2N3. The first-order valence-corrected chi connectivity index (χ1v) is 13.8. The molecule has 1 aromatic heterocycles. The first-order valence-electron chi connectivity index (χ1n) is 13.0. The summed E-state index contributed by atoms with van der Waals surface area (Å²) in [6, 6.07) is 8.72. The maximum atomic E-state index is 9.71. The molecule has 2 atom stereocenters. The third-order valence-electron chi connectivity index (χ3n) is 8.95. The van der Waals surface area contributed by atoms with Crippen molar-refractivity contribution in [3.63, 3.8) is 0 Å². The summed E-state index contributed by atoms with van der Waals surface area (Å²) in [5.74, 6) is 2.36. The normalized spacial score (nSPS) is 25.6. The number of nitriles is 1. The fourth-order valence-corrected chi connectivity index (χ4v) is 7.19. The number of fused-ring (bicyclic) bond motifs is 5. The Bertz CT molecular complexity index is 1210. The second kappa shape index (κ2) is 9.72. The van der Waals surface area contributed by atoms with Gasteiger partial charge in [-0.25, -0.2) is 0 Å². The number of nitrogens with zero attached hydrogens (tertiary/aromatic N) is 3. The van der Waals surface area contributed by atoms with Gasteiger partial charge < -0.3 is 9.47 Å². The van der Waals surface area contributed by atoms with Crippen LogP contribution in [0.3, 0.4) is 0 Å². The fourth-order valence-electron chi connectivity index (χ4n) is 6.58. The van der Waals surface area contributed by atoms with Crippen LogP contribution in [0.4, 0.5) is 0 Å². The van der Waals surface area contributed by atoms with Crippen LogP contribution in [0, 0.1) is 29.1 Å². The lowest BCUT2D eigenvalue weighted by atomic mass is 9.70. The highest BCUT2D eigenvalue weighted by atomic mass is 35.5. The molecule has 3 fully saturated rings. The number of hydrogen-bond acceptors (Lipinski definition) is 2. The zero-order valence-corrected chi connectivity index (χ0v) is 22.6.